The first-order valence-electron chi connectivity index (χ1n) is 5.77. The fourth-order valence-electron chi connectivity index (χ4n) is 1.98. The molecule has 15 heavy (non-hydrogen) atoms. The fourth-order valence-corrected chi connectivity index (χ4v) is 3.15. The van der Waals surface area contributed by atoms with Crippen LogP contribution in [0.2, 0.25) is 0 Å². The lowest BCUT2D eigenvalue weighted by atomic mass is 10.0. The third kappa shape index (κ3) is 3.88. The molecular formula is C13H19NS. The summed E-state index contributed by atoms with van der Waals surface area (Å²) in [4.78, 5) is 0. The number of thioether (sulfide) groups is 1. The highest BCUT2D eigenvalue weighted by atomic mass is 32.2. The molecule has 1 heterocycles. The van der Waals surface area contributed by atoms with Crippen LogP contribution in [0.15, 0.2) is 30.3 Å². The monoisotopic (exact) mass is 221 g/mol. The molecule has 1 fully saturated rings. The van der Waals surface area contributed by atoms with E-state index < -0.39 is 0 Å². The van der Waals surface area contributed by atoms with Gasteiger partial charge < -0.3 is 5.32 Å². The van der Waals surface area contributed by atoms with E-state index in [1.807, 2.05) is 0 Å². The highest BCUT2D eigenvalue weighted by molar-refractivity contribution is 7.98. The fraction of sp³-hybridized carbons (Fsp3) is 0.538. The highest BCUT2D eigenvalue weighted by Crippen LogP contribution is 2.19. The summed E-state index contributed by atoms with van der Waals surface area (Å²) in [7, 11) is 0. The average molecular weight is 221 g/mol. The van der Waals surface area contributed by atoms with Gasteiger partial charge in [0.05, 0.1) is 0 Å². The van der Waals surface area contributed by atoms with Gasteiger partial charge in [0.15, 0.2) is 0 Å². The molecule has 2 rings (SSSR count). The molecule has 0 radical (unpaired) electrons. The maximum atomic E-state index is 3.47. The van der Waals surface area contributed by atoms with Gasteiger partial charge in [-0.2, -0.15) is 11.8 Å². The van der Waals surface area contributed by atoms with Gasteiger partial charge >= 0.3 is 0 Å². The minimum atomic E-state index is 0.896. The molecule has 0 bridgehead atoms. The first-order valence-corrected chi connectivity index (χ1v) is 6.93. The Kier molecular flexibility index (Phi) is 4.55. The second kappa shape index (κ2) is 6.19. The molecule has 1 nitrogen and oxygen atoms in total. The Morgan fingerprint density at radius 1 is 1.27 bits per heavy atom. The Morgan fingerprint density at radius 2 is 2.13 bits per heavy atom. The van der Waals surface area contributed by atoms with Gasteiger partial charge in [0, 0.05) is 5.75 Å². The van der Waals surface area contributed by atoms with Gasteiger partial charge in [0.25, 0.3) is 0 Å². The summed E-state index contributed by atoms with van der Waals surface area (Å²) < 4.78 is 0. The first kappa shape index (κ1) is 11.0. The van der Waals surface area contributed by atoms with Crippen LogP contribution in [0.5, 0.6) is 0 Å². The van der Waals surface area contributed by atoms with Crippen molar-refractivity contribution < 1.29 is 0 Å². The van der Waals surface area contributed by atoms with Crippen LogP contribution in [0.25, 0.3) is 0 Å². The lowest BCUT2D eigenvalue weighted by Crippen LogP contribution is -2.30. The van der Waals surface area contributed by atoms with Gasteiger partial charge in [0.1, 0.15) is 0 Å². The Bertz CT molecular complexity index is 267. The zero-order valence-corrected chi connectivity index (χ0v) is 9.93. The quantitative estimate of drug-likeness (QED) is 0.839. The summed E-state index contributed by atoms with van der Waals surface area (Å²) in [5, 5.41) is 3.47. The van der Waals surface area contributed by atoms with Crippen LogP contribution < -0.4 is 5.32 Å². The molecule has 2 heteroatoms. The minimum absolute atomic E-state index is 0.896. The molecular weight excluding hydrogens is 202 g/mol. The van der Waals surface area contributed by atoms with E-state index in [9.17, 15) is 0 Å². The number of nitrogens with one attached hydrogen (secondary N) is 1. The minimum Gasteiger partial charge on any atom is -0.316 e. The van der Waals surface area contributed by atoms with Crippen LogP contribution in [0.3, 0.4) is 0 Å². The third-order valence-electron chi connectivity index (χ3n) is 2.86. The Balaban J connectivity index is 1.66. The zero-order valence-electron chi connectivity index (χ0n) is 9.11. The molecule has 82 valence electrons. The highest BCUT2D eigenvalue weighted by Gasteiger charge is 2.12. The van der Waals surface area contributed by atoms with E-state index in [-0.39, 0.29) is 0 Å². The van der Waals surface area contributed by atoms with Gasteiger partial charge in [-0.05, 0) is 43.2 Å². The molecule has 1 unspecified atom stereocenters. The largest absolute Gasteiger partial charge is 0.316 e. The lowest BCUT2D eigenvalue weighted by molar-refractivity contribution is 0.410. The molecule has 0 aliphatic carbocycles. The van der Waals surface area contributed by atoms with E-state index in [0.717, 1.165) is 11.7 Å². The SMILES string of the molecule is c1ccc(CSCC2CCCNC2)cc1. The Morgan fingerprint density at radius 3 is 2.87 bits per heavy atom. The van der Waals surface area contributed by atoms with Crippen molar-refractivity contribution in [1.29, 1.82) is 0 Å². The molecule has 1 aromatic rings. The summed E-state index contributed by atoms with van der Waals surface area (Å²) in [6, 6.07) is 10.8. The third-order valence-corrected chi connectivity index (χ3v) is 4.11. The predicted molar refractivity (Wildman–Crippen MR) is 68.2 cm³/mol. The summed E-state index contributed by atoms with van der Waals surface area (Å²) >= 11 is 2.07. The van der Waals surface area contributed by atoms with Gasteiger partial charge in [0.2, 0.25) is 0 Å². The van der Waals surface area contributed by atoms with E-state index in [2.05, 4.69) is 47.4 Å². The van der Waals surface area contributed by atoms with Crippen molar-refractivity contribution in [3.8, 4) is 0 Å². The first-order chi connectivity index (χ1) is 7.45. The Hall–Kier alpha value is -0.470. The average Bonchev–Trinajstić information content (AvgIpc) is 2.32. The number of hydrogen-bond donors (Lipinski definition) is 1. The number of piperidine rings is 1. The van der Waals surface area contributed by atoms with Gasteiger partial charge in [-0.25, -0.2) is 0 Å². The normalized spacial score (nSPS) is 21.5. The van der Waals surface area contributed by atoms with Gasteiger partial charge in [-0.15, -0.1) is 0 Å². The second-order valence-corrected chi connectivity index (χ2v) is 5.24. The van der Waals surface area contributed by atoms with Crippen LogP contribution in [0, 0.1) is 5.92 Å². The topological polar surface area (TPSA) is 12.0 Å². The van der Waals surface area contributed by atoms with E-state index in [1.165, 1.54) is 37.2 Å². The second-order valence-electron chi connectivity index (χ2n) is 4.21. The Labute approximate surface area is 96.7 Å². The molecule has 1 atom stereocenters. The number of hydrogen-bond acceptors (Lipinski definition) is 2. The van der Waals surface area contributed by atoms with Crippen LogP contribution >= 0.6 is 11.8 Å². The molecule has 0 amide bonds. The summed E-state index contributed by atoms with van der Waals surface area (Å²) in [6.45, 7) is 2.45. The van der Waals surface area contributed by atoms with Crippen molar-refractivity contribution in [2.75, 3.05) is 18.8 Å². The van der Waals surface area contributed by atoms with Crippen molar-refractivity contribution in [2.45, 2.75) is 18.6 Å². The summed E-state index contributed by atoms with van der Waals surface area (Å²) in [6.07, 6.45) is 2.77. The van der Waals surface area contributed by atoms with Crippen LogP contribution in [-0.2, 0) is 5.75 Å². The molecule has 1 aliphatic rings. The standard InChI is InChI=1S/C13H19NS/c1-2-5-12(6-3-1)10-15-11-13-7-4-8-14-9-13/h1-3,5-6,13-14H,4,7-11H2. The number of rotatable bonds is 4. The van der Waals surface area contributed by atoms with E-state index in [0.29, 0.717) is 0 Å². The van der Waals surface area contributed by atoms with E-state index >= 15 is 0 Å². The van der Waals surface area contributed by atoms with E-state index in [1.54, 1.807) is 0 Å². The molecule has 1 N–H and O–H groups in total. The molecule has 1 saturated heterocycles. The molecule has 1 aromatic carbocycles. The molecule has 0 aromatic heterocycles. The van der Waals surface area contributed by atoms with Crippen LogP contribution in [-0.4, -0.2) is 18.8 Å². The molecule has 1 aliphatic heterocycles. The maximum absolute atomic E-state index is 3.47. The summed E-state index contributed by atoms with van der Waals surface area (Å²) in [5.74, 6) is 3.37. The van der Waals surface area contributed by atoms with Crippen molar-refractivity contribution in [3.63, 3.8) is 0 Å². The van der Waals surface area contributed by atoms with Crippen LogP contribution in [0.1, 0.15) is 18.4 Å². The van der Waals surface area contributed by atoms with Crippen molar-refractivity contribution in [2.24, 2.45) is 5.92 Å². The van der Waals surface area contributed by atoms with Crippen molar-refractivity contribution in [3.05, 3.63) is 35.9 Å². The lowest BCUT2D eigenvalue weighted by Gasteiger charge is -2.22. The summed E-state index contributed by atoms with van der Waals surface area (Å²) in [5.41, 5.74) is 1.45. The van der Waals surface area contributed by atoms with Gasteiger partial charge in [-0.1, -0.05) is 30.3 Å². The maximum Gasteiger partial charge on any atom is 0.0184 e. The van der Waals surface area contributed by atoms with Crippen molar-refractivity contribution >= 4 is 11.8 Å². The van der Waals surface area contributed by atoms with E-state index in [4.69, 9.17) is 0 Å². The number of benzene rings is 1. The van der Waals surface area contributed by atoms with Gasteiger partial charge in [-0.3, -0.25) is 0 Å². The smallest absolute Gasteiger partial charge is 0.0184 e. The molecule has 0 spiro atoms. The molecule has 0 saturated carbocycles. The zero-order chi connectivity index (χ0) is 10.3. The predicted octanol–water partition coefficient (Wildman–Crippen LogP) is 2.92. The van der Waals surface area contributed by atoms with Crippen LogP contribution in [0.4, 0.5) is 0 Å². The van der Waals surface area contributed by atoms with Crippen molar-refractivity contribution in [1.82, 2.24) is 5.32 Å².